The van der Waals surface area contributed by atoms with Crippen LogP contribution in [0.15, 0.2) is 77.7 Å². The van der Waals surface area contributed by atoms with E-state index in [-0.39, 0.29) is 10.5 Å². The molecule has 3 aromatic carbocycles. The molecular weight excluding hydrogens is 374 g/mol. The zero-order valence-electron chi connectivity index (χ0n) is 15.4. The second-order valence-corrected chi connectivity index (χ2v) is 8.30. The normalized spacial score (nSPS) is 11.2. The highest BCUT2D eigenvalue weighted by atomic mass is 32.2. The lowest BCUT2D eigenvalue weighted by atomic mass is 10.0. The number of carboxylic acids is 1. The summed E-state index contributed by atoms with van der Waals surface area (Å²) in [6.45, 7) is 1.90. The lowest BCUT2D eigenvalue weighted by Gasteiger charge is -2.09. The molecule has 0 aliphatic heterocycles. The topological polar surface area (TPSA) is 83.5 Å². The van der Waals surface area contributed by atoms with E-state index in [9.17, 15) is 13.2 Å². The molecule has 0 heterocycles. The SMILES string of the molecule is Cc1ccc(S(=O)(=O)Nc2ccc(CCc3cccc(C(=O)O)c3)cc2)cc1. The van der Waals surface area contributed by atoms with Crippen molar-refractivity contribution in [3.05, 3.63) is 95.1 Å². The standard InChI is InChI=1S/C22H21NO4S/c1-16-5-13-21(14-6-16)28(26,27)23-20-11-9-17(10-12-20)7-8-18-3-2-4-19(15-18)22(24)25/h2-6,9-15,23H,7-8H2,1H3,(H,24,25). The third kappa shape index (κ3) is 4.98. The summed E-state index contributed by atoms with van der Waals surface area (Å²) in [6, 6.07) is 20.8. The van der Waals surface area contributed by atoms with Gasteiger partial charge in [-0.1, -0.05) is 42.0 Å². The molecule has 0 saturated heterocycles. The second-order valence-electron chi connectivity index (χ2n) is 6.62. The predicted octanol–water partition coefficient (Wildman–Crippen LogP) is 4.28. The highest BCUT2D eigenvalue weighted by Crippen LogP contribution is 2.18. The Kier molecular flexibility index (Phi) is 5.80. The van der Waals surface area contributed by atoms with E-state index in [1.54, 1.807) is 54.6 Å². The molecule has 6 heteroatoms. The number of carboxylic acid groups (broad SMARTS) is 1. The minimum atomic E-state index is -3.62. The summed E-state index contributed by atoms with van der Waals surface area (Å²) in [5.41, 5.74) is 3.76. The first kappa shape index (κ1) is 19.6. The fraction of sp³-hybridized carbons (Fsp3) is 0.136. The van der Waals surface area contributed by atoms with Crippen LogP contribution < -0.4 is 4.72 Å². The first-order valence-corrected chi connectivity index (χ1v) is 10.3. The number of carbonyl (C=O) groups is 1. The molecule has 0 aromatic heterocycles. The van der Waals surface area contributed by atoms with Gasteiger partial charge in [-0.15, -0.1) is 0 Å². The lowest BCUT2D eigenvalue weighted by molar-refractivity contribution is 0.0696. The Morgan fingerprint density at radius 3 is 2.18 bits per heavy atom. The molecule has 0 atom stereocenters. The van der Waals surface area contributed by atoms with Crippen LogP contribution in [0, 0.1) is 6.92 Å². The highest BCUT2D eigenvalue weighted by Gasteiger charge is 2.13. The van der Waals surface area contributed by atoms with Gasteiger partial charge in [0.05, 0.1) is 10.5 Å². The van der Waals surface area contributed by atoms with E-state index < -0.39 is 16.0 Å². The van der Waals surface area contributed by atoms with Gasteiger partial charge in [0.1, 0.15) is 0 Å². The van der Waals surface area contributed by atoms with Gasteiger partial charge < -0.3 is 5.11 Å². The average Bonchev–Trinajstić information content (AvgIpc) is 2.68. The molecule has 0 saturated carbocycles. The van der Waals surface area contributed by atoms with E-state index in [1.165, 1.54) is 0 Å². The molecular formula is C22H21NO4S. The summed E-state index contributed by atoms with van der Waals surface area (Å²) in [4.78, 5) is 11.3. The Hall–Kier alpha value is -3.12. The molecule has 0 unspecified atom stereocenters. The molecule has 2 N–H and O–H groups in total. The molecule has 3 rings (SSSR count). The van der Waals surface area contributed by atoms with Crippen LogP contribution in [-0.2, 0) is 22.9 Å². The molecule has 28 heavy (non-hydrogen) atoms. The summed E-state index contributed by atoms with van der Waals surface area (Å²) >= 11 is 0. The number of hydrogen-bond donors (Lipinski definition) is 2. The fourth-order valence-electron chi connectivity index (χ4n) is 2.82. The summed E-state index contributed by atoms with van der Waals surface area (Å²) in [7, 11) is -3.62. The Morgan fingerprint density at radius 2 is 1.54 bits per heavy atom. The summed E-state index contributed by atoms with van der Waals surface area (Å²) < 4.78 is 27.5. The van der Waals surface area contributed by atoms with Crippen molar-refractivity contribution in [3.63, 3.8) is 0 Å². The largest absolute Gasteiger partial charge is 0.478 e. The van der Waals surface area contributed by atoms with Gasteiger partial charge in [0.2, 0.25) is 0 Å². The molecule has 0 aliphatic rings. The lowest BCUT2D eigenvalue weighted by Crippen LogP contribution is -2.12. The van der Waals surface area contributed by atoms with Gasteiger partial charge in [-0.2, -0.15) is 0 Å². The molecule has 0 amide bonds. The number of aromatic carboxylic acids is 1. The maximum Gasteiger partial charge on any atom is 0.335 e. The number of benzene rings is 3. The van der Waals surface area contributed by atoms with E-state index in [1.807, 2.05) is 25.1 Å². The van der Waals surface area contributed by atoms with Crippen molar-refractivity contribution in [2.24, 2.45) is 0 Å². The van der Waals surface area contributed by atoms with Crippen LogP contribution >= 0.6 is 0 Å². The van der Waals surface area contributed by atoms with Gasteiger partial charge in [-0.3, -0.25) is 4.72 Å². The van der Waals surface area contributed by atoms with Gasteiger partial charge in [0.15, 0.2) is 0 Å². The Morgan fingerprint density at radius 1 is 0.893 bits per heavy atom. The Labute approximate surface area is 164 Å². The molecule has 3 aromatic rings. The van der Waals surface area contributed by atoms with Crippen molar-refractivity contribution in [3.8, 4) is 0 Å². The monoisotopic (exact) mass is 395 g/mol. The molecule has 144 valence electrons. The van der Waals surface area contributed by atoms with Crippen molar-refractivity contribution in [1.29, 1.82) is 0 Å². The first-order chi connectivity index (χ1) is 13.3. The van der Waals surface area contributed by atoms with E-state index in [4.69, 9.17) is 5.11 Å². The van der Waals surface area contributed by atoms with Crippen LogP contribution in [0.5, 0.6) is 0 Å². The Bertz CT molecular complexity index is 1070. The van der Waals surface area contributed by atoms with E-state index in [0.717, 1.165) is 23.1 Å². The zero-order chi connectivity index (χ0) is 20.1. The molecule has 0 fully saturated rings. The number of sulfonamides is 1. The van der Waals surface area contributed by atoms with Gasteiger partial charge in [-0.05, 0) is 67.3 Å². The van der Waals surface area contributed by atoms with Crippen LogP contribution in [0.4, 0.5) is 5.69 Å². The van der Waals surface area contributed by atoms with E-state index in [2.05, 4.69) is 4.72 Å². The zero-order valence-corrected chi connectivity index (χ0v) is 16.2. The van der Waals surface area contributed by atoms with Crippen molar-refractivity contribution in [2.45, 2.75) is 24.7 Å². The smallest absolute Gasteiger partial charge is 0.335 e. The van der Waals surface area contributed by atoms with Crippen molar-refractivity contribution >= 4 is 21.7 Å². The maximum absolute atomic E-state index is 12.4. The second kappa shape index (κ2) is 8.27. The molecule has 0 aliphatic carbocycles. The fourth-order valence-corrected chi connectivity index (χ4v) is 3.88. The predicted molar refractivity (Wildman–Crippen MR) is 109 cm³/mol. The average molecular weight is 395 g/mol. The molecule has 0 radical (unpaired) electrons. The minimum Gasteiger partial charge on any atom is -0.478 e. The van der Waals surface area contributed by atoms with Crippen molar-refractivity contribution in [2.75, 3.05) is 4.72 Å². The van der Waals surface area contributed by atoms with Gasteiger partial charge in [-0.25, -0.2) is 13.2 Å². The number of nitrogens with one attached hydrogen (secondary N) is 1. The van der Waals surface area contributed by atoms with E-state index >= 15 is 0 Å². The number of rotatable bonds is 7. The van der Waals surface area contributed by atoms with Crippen LogP contribution in [0.25, 0.3) is 0 Å². The third-order valence-electron chi connectivity index (χ3n) is 4.41. The van der Waals surface area contributed by atoms with Crippen LogP contribution in [0.3, 0.4) is 0 Å². The summed E-state index contributed by atoms with van der Waals surface area (Å²) in [5, 5.41) is 9.06. The number of aryl methyl sites for hydroxylation is 3. The molecule has 0 spiro atoms. The molecule has 5 nitrogen and oxygen atoms in total. The minimum absolute atomic E-state index is 0.223. The molecule has 0 bridgehead atoms. The van der Waals surface area contributed by atoms with Crippen molar-refractivity contribution < 1.29 is 18.3 Å². The Balaban J connectivity index is 1.64. The van der Waals surface area contributed by atoms with Crippen molar-refractivity contribution in [1.82, 2.24) is 0 Å². The van der Waals surface area contributed by atoms with Gasteiger partial charge >= 0.3 is 5.97 Å². The quantitative estimate of drug-likeness (QED) is 0.625. The van der Waals surface area contributed by atoms with Crippen LogP contribution in [-0.4, -0.2) is 19.5 Å². The highest BCUT2D eigenvalue weighted by molar-refractivity contribution is 7.92. The van der Waals surface area contributed by atoms with Crippen LogP contribution in [0.2, 0.25) is 0 Å². The number of hydrogen-bond acceptors (Lipinski definition) is 3. The third-order valence-corrected chi connectivity index (χ3v) is 5.81. The summed E-state index contributed by atoms with van der Waals surface area (Å²) in [5.74, 6) is -0.938. The van der Waals surface area contributed by atoms with Gasteiger partial charge in [0, 0.05) is 5.69 Å². The maximum atomic E-state index is 12.4. The van der Waals surface area contributed by atoms with E-state index in [0.29, 0.717) is 12.1 Å². The summed E-state index contributed by atoms with van der Waals surface area (Å²) in [6.07, 6.45) is 1.43. The van der Waals surface area contributed by atoms with Crippen LogP contribution in [0.1, 0.15) is 27.0 Å². The first-order valence-electron chi connectivity index (χ1n) is 8.84. The number of anilines is 1. The van der Waals surface area contributed by atoms with Gasteiger partial charge in [0.25, 0.3) is 10.0 Å².